The van der Waals surface area contributed by atoms with Crippen LogP contribution in [0.2, 0.25) is 0 Å². The van der Waals surface area contributed by atoms with Gasteiger partial charge in [-0.25, -0.2) is 15.0 Å². The van der Waals surface area contributed by atoms with Crippen molar-refractivity contribution in [3.05, 3.63) is 152 Å². The lowest BCUT2D eigenvalue weighted by molar-refractivity contribution is 0.668. The molecule has 0 radical (unpaired) electrons. The minimum Gasteiger partial charge on any atom is -0.456 e. The summed E-state index contributed by atoms with van der Waals surface area (Å²) in [7, 11) is 0. The monoisotopic (exact) mass is 639 g/mol. The van der Waals surface area contributed by atoms with E-state index >= 15 is 0 Å². The van der Waals surface area contributed by atoms with Gasteiger partial charge in [0.25, 0.3) is 0 Å². The van der Waals surface area contributed by atoms with Crippen LogP contribution < -0.4 is 0 Å². The number of nitrogens with zero attached hydrogens (tertiary/aromatic N) is 3. The van der Waals surface area contributed by atoms with Gasteiger partial charge in [0.15, 0.2) is 17.5 Å². The summed E-state index contributed by atoms with van der Waals surface area (Å²) in [6, 6.07) is 52.3. The third-order valence-corrected chi connectivity index (χ3v) is 9.93. The van der Waals surface area contributed by atoms with Gasteiger partial charge >= 0.3 is 0 Å². The van der Waals surface area contributed by atoms with Crippen LogP contribution in [0.1, 0.15) is 0 Å². The molecule has 5 nitrogen and oxygen atoms in total. The standard InChI is InChI=1S/C45H25N3O2/c1-2-10-29-26(9-1)21-24-31-30(29)23-22-27-19-20-28(25-37(27)31)43-46-44(35-14-8-18-40-41(35)34-12-4-6-17-39(34)49-40)48-45(47-43)36-15-7-13-33-32-11-3-5-16-38(32)50-42(33)36/h1-25H. The van der Waals surface area contributed by atoms with Gasteiger partial charge in [0.1, 0.15) is 22.3 Å². The number of aromatic nitrogens is 3. The summed E-state index contributed by atoms with van der Waals surface area (Å²) in [4.78, 5) is 15.6. The molecule has 8 aromatic carbocycles. The molecule has 0 spiro atoms. The lowest BCUT2D eigenvalue weighted by Crippen LogP contribution is -2.00. The van der Waals surface area contributed by atoms with Crippen molar-refractivity contribution in [2.45, 2.75) is 0 Å². The van der Waals surface area contributed by atoms with Gasteiger partial charge in [0, 0.05) is 32.7 Å². The fraction of sp³-hybridized carbons (Fsp3) is 0. The molecule has 0 saturated heterocycles. The summed E-state index contributed by atoms with van der Waals surface area (Å²) < 4.78 is 12.7. The topological polar surface area (TPSA) is 65.0 Å². The average Bonchev–Trinajstić information content (AvgIpc) is 3.76. The van der Waals surface area contributed by atoms with E-state index in [1.165, 1.54) is 21.5 Å². The van der Waals surface area contributed by atoms with Crippen molar-refractivity contribution >= 4 is 76.2 Å². The zero-order chi connectivity index (χ0) is 32.8. The Morgan fingerprint density at radius 1 is 0.340 bits per heavy atom. The van der Waals surface area contributed by atoms with Crippen molar-refractivity contribution in [1.29, 1.82) is 0 Å². The van der Waals surface area contributed by atoms with Crippen molar-refractivity contribution in [2.24, 2.45) is 0 Å². The molecule has 0 aliphatic rings. The first-order chi connectivity index (χ1) is 24.8. The molecular weight excluding hydrogens is 615 g/mol. The Morgan fingerprint density at radius 2 is 0.920 bits per heavy atom. The van der Waals surface area contributed by atoms with E-state index in [4.69, 9.17) is 23.8 Å². The lowest BCUT2D eigenvalue weighted by atomic mass is 9.96. The highest BCUT2D eigenvalue weighted by molar-refractivity contribution is 6.18. The van der Waals surface area contributed by atoms with E-state index < -0.39 is 0 Å². The molecule has 0 unspecified atom stereocenters. The highest BCUT2D eigenvalue weighted by atomic mass is 16.3. The Morgan fingerprint density at radius 3 is 1.78 bits per heavy atom. The van der Waals surface area contributed by atoms with Crippen molar-refractivity contribution in [1.82, 2.24) is 15.0 Å². The maximum Gasteiger partial charge on any atom is 0.167 e. The van der Waals surface area contributed by atoms with Crippen LogP contribution in [-0.2, 0) is 0 Å². The van der Waals surface area contributed by atoms with Crippen LogP contribution >= 0.6 is 0 Å². The number of rotatable bonds is 3. The molecule has 0 aliphatic heterocycles. The Labute approximate surface area is 285 Å². The van der Waals surface area contributed by atoms with Crippen molar-refractivity contribution in [2.75, 3.05) is 0 Å². The first kappa shape index (κ1) is 27.1. The smallest absolute Gasteiger partial charge is 0.167 e. The first-order valence-corrected chi connectivity index (χ1v) is 16.7. The molecule has 0 fully saturated rings. The van der Waals surface area contributed by atoms with Gasteiger partial charge in [0.05, 0.1) is 5.56 Å². The highest BCUT2D eigenvalue weighted by Crippen LogP contribution is 2.39. The normalized spacial score (nSPS) is 12.0. The summed E-state index contributed by atoms with van der Waals surface area (Å²) >= 11 is 0. The van der Waals surface area contributed by atoms with E-state index in [0.717, 1.165) is 71.3 Å². The Kier molecular flexibility index (Phi) is 5.60. The van der Waals surface area contributed by atoms with Crippen LogP contribution in [0, 0.1) is 0 Å². The molecule has 50 heavy (non-hydrogen) atoms. The molecular formula is C45H25N3O2. The predicted octanol–water partition coefficient (Wildman–Crippen LogP) is 12.1. The summed E-state index contributed by atoms with van der Waals surface area (Å²) in [5.74, 6) is 1.70. The molecule has 3 heterocycles. The molecule has 0 N–H and O–H groups in total. The number of hydrogen-bond donors (Lipinski definition) is 0. The van der Waals surface area contributed by atoms with Crippen LogP contribution in [0.3, 0.4) is 0 Å². The van der Waals surface area contributed by atoms with Crippen LogP contribution in [-0.4, -0.2) is 15.0 Å². The van der Waals surface area contributed by atoms with Crippen molar-refractivity contribution in [3.8, 4) is 34.2 Å². The van der Waals surface area contributed by atoms with E-state index in [0.29, 0.717) is 17.5 Å². The zero-order valence-electron chi connectivity index (χ0n) is 26.6. The molecule has 0 aliphatic carbocycles. The number of fused-ring (bicyclic) bond motifs is 11. The molecule has 0 saturated carbocycles. The zero-order valence-corrected chi connectivity index (χ0v) is 26.6. The summed E-state index contributed by atoms with van der Waals surface area (Å²) in [5, 5.41) is 11.3. The van der Waals surface area contributed by atoms with Crippen LogP contribution in [0.15, 0.2) is 160 Å². The number of para-hydroxylation sites is 3. The average molecular weight is 640 g/mol. The van der Waals surface area contributed by atoms with Gasteiger partial charge in [-0.3, -0.25) is 0 Å². The van der Waals surface area contributed by atoms with E-state index in [1.807, 2.05) is 60.7 Å². The Balaban J connectivity index is 1.20. The van der Waals surface area contributed by atoms with Crippen LogP contribution in [0.25, 0.3) is 110 Å². The summed E-state index contributed by atoms with van der Waals surface area (Å²) in [5.41, 5.74) is 5.79. The molecule has 0 atom stereocenters. The first-order valence-electron chi connectivity index (χ1n) is 16.7. The fourth-order valence-corrected chi connectivity index (χ4v) is 7.59. The SMILES string of the molecule is c1ccc2c(c1)ccc1c3cc(-c4nc(-c5cccc6c5oc5ccccc56)nc(-c5cccc6oc7ccccc7c56)n4)ccc3ccc21. The molecule has 232 valence electrons. The molecule has 11 aromatic rings. The summed E-state index contributed by atoms with van der Waals surface area (Å²) in [6.45, 7) is 0. The number of benzene rings is 8. The van der Waals surface area contributed by atoms with Crippen LogP contribution in [0.4, 0.5) is 0 Å². The van der Waals surface area contributed by atoms with E-state index in [1.54, 1.807) is 0 Å². The van der Waals surface area contributed by atoms with Gasteiger partial charge in [0.2, 0.25) is 0 Å². The molecule has 0 bridgehead atoms. The number of furan rings is 2. The van der Waals surface area contributed by atoms with Crippen molar-refractivity contribution in [3.63, 3.8) is 0 Å². The minimum absolute atomic E-state index is 0.545. The molecule has 11 rings (SSSR count). The third-order valence-electron chi connectivity index (χ3n) is 9.93. The third kappa shape index (κ3) is 3.98. The van der Waals surface area contributed by atoms with E-state index in [-0.39, 0.29) is 0 Å². The van der Waals surface area contributed by atoms with Gasteiger partial charge in [-0.05, 0) is 62.6 Å². The van der Waals surface area contributed by atoms with Gasteiger partial charge in [-0.2, -0.15) is 0 Å². The van der Waals surface area contributed by atoms with Gasteiger partial charge < -0.3 is 8.83 Å². The quantitative estimate of drug-likeness (QED) is 0.180. The highest BCUT2D eigenvalue weighted by Gasteiger charge is 2.20. The largest absolute Gasteiger partial charge is 0.456 e. The summed E-state index contributed by atoms with van der Waals surface area (Å²) in [6.07, 6.45) is 0. The Bertz CT molecular complexity index is 3170. The Hall–Kier alpha value is -6.85. The fourth-order valence-electron chi connectivity index (χ4n) is 7.59. The van der Waals surface area contributed by atoms with Gasteiger partial charge in [-0.15, -0.1) is 0 Å². The van der Waals surface area contributed by atoms with E-state index in [9.17, 15) is 0 Å². The lowest BCUT2D eigenvalue weighted by Gasteiger charge is -2.11. The van der Waals surface area contributed by atoms with Crippen molar-refractivity contribution < 1.29 is 8.83 Å². The van der Waals surface area contributed by atoms with Crippen LogP contribution in [0.5, 0.6) is 0 Å². The van der Waals surface area contributed by atoms with Gasteiger partial charge in [-0.1, -0.05) is 121 Å². The minimum atomic E-state index is 0.545. The molecule has 5 heteroatoms. The second-order valence-electron chi connectivity index (χ2n) is 12.7. The maximum absolute atomic E-state index is 6.47. The second kappa shape index (κ2) is 10.3. The maximum atomic E-state index is 6.47. The molecule has 0 amide bonds. The number of hydrogen-bond acceptors (Lipinski definition) is 5. The molecule has 3 aromatic heterocycles. The predicted molar refractivity (Wildman–Crippen MR) is 203 cm³/mol. The van der Waals surface area contributed by atoms with E-state index in [2.05, 4.69) is 91.0 Å². The second-order valence-corrected chi connectivity index (χ2v) is 12.7.